The molecule has 0 spiro atoms. The Morgan fingerprint density at radius 1 is 1.23 bits per heavy atom. The predicted molar refractivity (Wildman–Crippen MR) is 82.6 cm³/mol. The van der Waals surface area contributed by atoms with E-state index in [-0.39, 0.29) is 18.1 Å². The van der Waals surface area contributed by atoms with Gasteiger partial charge in [-0.15, -0.1) is 0 Å². The highest BCUT2D eigenvalue weighted by molar-refractivity contribution is 5.98. The van der Waals surface area contributed by atoms with E-state index in [9.17, 15) is 4.79 Å². The zero-order chi connectivity index (χ0) is 14.9. The first-order valence-corrected chi connectivity index (χ1v) is 7.91. The van der Waals surface area contributed by atoms with Gasteiger partial charge in [-0.25, -0.2) is 0 Å². The van der Waals surface area contributed by atoms with Crippen molar-refractivity contribution in [2.75, 3.05) is 26.3 Å². The third kappa shape index (κ3) is 2.51. The Balaban J connectivity index is 1.51. The second-order valence-electron chi connectivity index (χ2n) is 6.03. The van der Waals surface area contributed by atoms with Gasteiger partial charge in [-0.1, -0.05) is 18.2 Å². The Hall–Kier alpha value is -1.85. The van der Waals surface area contributed by atoms with E-state index in [0.717, 1.165) is 30.3 Å². The first-order chi connectivity index (χ1) is 10.8. The smallest absolute Gasteiger partial charge is 0.270 e. The van der Waals surface area contributed by atoms with E-state index < -0.39 is 0 Å². The van der Waals surface area contributed by atoms with Gasteiger partial charge in [0, 0.05) is 29.9 Å². The Bertz CT molecular complexity index is 642. The van der Waals surface area contributed by atoms with Crippen LogP contribution in [0.5, 0.6) is 0 Å². The van der Waals surface area contributed by atoms with E-state index in [0.29, 0.717) is 25.5 Å². The van der Waals surface area contributed by atoms with Crippen LogP contribution in [-0.4, -0.2) is 48.4 Å². The van der Waals surface area contributed by atoms with Crippen molar-refractivity contribution >= 4 is 16.8 Å². The zero-order valence-corrected chi connectivity index (χ0v) is 12.5. The summed E-state index contributed by atoms with van der Waals surface area (Å²) in [5, 5.41) is 1.07. The lowest BCUT2D eigenvalue weighted by Crippen LogP contribution is -2.43. The summed E-state index contributed by atoms with van der Waals surface area (Å²) in [4.78, 5) is 17.9. The predicted octanol–water partition coefficient (Wildman–Crippen LogP) is 2.39. The van der Waals surface area contributed by atoms with Gasteiger partial charge in [0.1, 0.15) is 5.69 Å². The molecule has 3 heterocycles. The fourth-order valence-electron chi connectivity index (χ4n) is 3.42. The Labute approximate surface area is 129 Å². The molecule has 1 aromatic heterocycles. The van der Waals surface area contributed by atoms with Crippen LogP contribution in [0.3, 0.4) is 0 Å². The van der Waals surface area contributed by atoms with E-state index >= 15 is 0 Å². The average molecular weight is 300 g/mol. The molecular weight excluding hydrogens is 280 g/mol. The van der Waals surface area contributed by atoms with Crippen molar-refractivity contribution in [1.29, 1.82) is 0 Å². The summed E-state index contributed by atoms with van der Waals surface area (Å²) in [6.07, 6.45) is 1.92. The Morgan fingerprint density at radius 3 is 2.86 bits per heavy atom. The average Bonchev–Trinajstić information content (AvgIpc) is 3.23. The second-order valence-corrected chi connectivity index (χ2v) is 6.03. The van der Waals surface area contributed by atoms with E-state index in [1.807, 2.05) is 35.2 Å². The topological polar surface area (TPSA) is 54.6 Å². The van der Waals surface area contributed by atoms with Gasteiger partial charge in [-0.2, -0.15) is 0 Å². The van der Waals surface area contributed by atoms with Gasteiger partial charge in [-0.3, -0.25) is 4.79 Å². The van der Waals surface area contributed by atoms with E-state index in [4.69, 9.17) is 9.47 Å². The minimum atomic E-state index is -0.140. The number of H-pyrrole nitrogens is 1. The molecule has 116 valence electrons. The summed E-state index contributed by atoms with van der Waals surface area (Å²) >= 11 is 0. The van der Waals surface area contributed by atoms with Crippen molar-refractivity contribution in [2.24, 2.45) is 5.92 Å². The van der Waals surface area contributed by atoms with Crippen LogP contribution in [0, 0.1) is 5.92 Å². The lowest BCUT2D eigenvalue weighted by Gasteiger charge is -2.34. The molecule has 1 atom stereocenters. The van der Waals surface area contributed by atoms with Crippen LogP contribution in [0.2, 0.25) is 0 Å². The number of rotatable bonds is 2. The number of benzene rings is 1. The number of carbonyl (C=O) groups is 1. The highest BCUT2D eigenvalue weighted by atomic mass is 16.7. The van der Waals surface area contributed by atoms with Gasteiger partial charge in [0.25, 0.3) is 5.91 Å². The number of ether oxygens (including phenoxy) is 2. The number of carbonyl (C=O) groups excluding carboxylic acids is 1. The maximum Gasteiger partial charge on any atom is 0.270 e. The van der Waals surface area contributed by atoms with Crippen LogP contribution < -0.4 is 0 Å². The fourth-order valence-corrected chi connectivity index (χ4v) is 3.42. The monoisotopic (exact) mass is 300 g/mol. The number of fused-ring (bicyclic) bond motifs is 1. The molecule has 1 amide bonds. The zero-order valence-electron chi connectivity index (χ0n) is 12.5. The molecule has 2 fully saturated rings. The highest BCUT2D eigenvalue weighted by Crippen LogP contribution is 2.26. The molecule has 2 aliphatic heterocycles. The molecule has 1 unspecified atom stereocenters. The lowest BCUT2D eigenvalue weighted by atomic mass is 9.97. The Morgan fingerprint density at radius 2 is 2.05 bits per heavy atom. The van der Waals surface area contributed by atoms with E-state index in [1.165, 1.54) is 0 Å². The molecule has 2 aromatic rings. The van der Waals surface area contributed by atoms with Crippen molar-refractivity contribution in [3.63, 3.8) is 0 Å². The van der Waals surface area contributed by atoms with Crippen molar-refractivity contribution in [2.45, 2.75) is 19.1 Å². The van der Waals surface area contributed by atoms with Crippen molar-refractivity contribution in [1.82, 2.24) is 9.88 Å². The molecular formula is C17H20N2O3. The summed E-state index contributed by atoms with van der Waals surface area (Å²) in [6, 6.07) is 9.89. The van der Waals surface area contributed by atoms with Crippen molar-refractivity contribution in [3.05, 3.63) is 36.0 Å². The van der Waals surface area contributed by atoms with E-state index in [2.05, 4.69) is 4.98 Å². The van der Waals surface area contributed by atoms with Gasteiger partial charge in [0.05, 0.1) is 13.2 Å². The number of aromatic amines is 1. The second kappa shape index (κ2) is 5.74. The van der Waals surface area contributed by atoms with Gasteiger partial charge in [0.15, 0.2) is 6.29 Å². The number of aromatic nitrogens is 1. The van der Waals surface area contributed by atoms with Gasteiger partial charge in [-0.05, 0) is 25.0 Å². The van der Waals surface area contributed by atoms with Crippen molar-refractivity contribution in [3.8, 4) is 0 Å². The van der Waals surface area contributed by atoms with Gasteiger partial charge in [0.2, 0.25) is 0 Å². The highest BCUT2D eigenvalue weighted by Gasteiger charge is 2.33. The summed E-state index contributed by atoms with van der Waals surface area (Å²) in [7, 11) is 0. The lowest BCUT2D eigenvalue weighted by molar-refractivity contribution is -0.0969. The summed E-state index contributed by atoms with van der Waals surface area (Å²) < 4.78 is 11.2. The van der Waals surface area contributed by atoms with Crippen LogP contribution in [-0.2, 0) is 9.47 Å². The number of hydrogen-bond donors (Lipinski definition) is 1. The molecule has 5 heteroatoms. The maximum absolute atomic E-state index is 12.7. The minimum absolute atomic E-state index is 0.0684. The number of likely N-dealkylation sites (tertiary alicyclic amines) is 1. The largest absolute Gasteiger partial charge is 0.351 e. The molecule has 4 rings (SSSR count). The molecule has 1 N–H and O–H groups in total. The van der Waals surface area contributed by atoms with Crippen LogP contribution in [0.25, 0.3) is 10.9 Å². The molecule has 22 heavy (non-hydrogen) atoms. The minimum Gasteiger partial charge on any atom is -0.351 e. The Kier molecular flexibility index (Phi) is 3.60. The van der Waals surface area contributed by atoms with E-state index in [1.54, 1.807) is 0 Å². The number of para-hydroxylation sites is 1. The van der Waals surface area contributed by atoms with Crippen LogP contribution in [0.1, 0.15) is 23.3 Å². The maximum atomic E-state index is 12.7. The first kappa shape index (κ1) is 13.8. The normalized spacial score (nSPS) is 23.3. The van der Waals surface area contributed by atoms with Gasteiger partial charge >= 0.3 is 0 Å². The fraction of sp³-hybridized carbons (Fsp3) is 0.471. The number of nitrogens with zero attached hydrogens (tertiary/aromatic N) is 1. The number of amides is 1. The first-order valence-electron chi connectivity index (χ1n) is 7.91. The summed E-state index contributed by atoms with van der Waals surface area (Å²) in [6.45, 7) is 2.84. The molecule has 0 bridgehead atoms. The molecule has 0 aliphatic carbocycles. The molecule has 1 aromatic carbocycles. The quantitative estimate of drug-likeness (QED) is 0.926. The molecule has 5 nitrogen and oxygen atoms in total. The number of nitrogens with one attached hydrogen (secondary N) is 1. The van der Waals surface area contributed by atoms with Crippen LogP contribution in [0.4, 0.5) is 0 Å². The molecule has 2 aliphatic rings. The van der Waals surface area contributed by atoms with Crippen LogP contribution in [0.15, 0.2) is 30.3 Å². The molecule has 0 saturated carbocycles. The van der Waals surface area contributed by atoms with Crippen molar-refractivity contribution < 1.29 is 14.3 Å². The SMILES string of the molecule is O=C(c1cc2ccccc2[nH]1)N1CCCC(C2OCCO2)C1. The standard InChI is InChI=1S/C17H20N2O3/c20-16(15-10-12-4-1-2-6-14(12)18-15)19-7-3-5-13(11-19)17-21-8-9-22-17/h1-2,4,6,10,13,17-18H,3,5,7-9,11H2. The van der Waals surface area contributed by atoms with Gasteiger partial charge < -0.3 is 19.4 Å². The molecule has 2 saturated heterocycles. The van der Waals surface area contributed by atoms with Crippen LogP contribution >= 0.6 is 0 Å². The number of piperidine rings is 1. The molecule has 0 radical (unpaired) electrons. The third-order valence-electron chi connectivity index (χ3n) is 4.54. The summed E-state index contributed by atoms with van der Waals surface area (Å²) in [5.74, 6) is 0.350. The number of hydrogen-bond acceptors (Lipinski definition) is 3. The summed E-state index contributed by atoms with van der Waals surface area (Å²) in [5.41, 5.74) is 1.66. The third-order valence-corrected chi connectivity index (χ3v) is 4.54.